The molecule has 55 heavy (non-hydrogen) atoms. The summed E-state index contributed by atoms with van der Waals surface area (Å²) in [6.45, 7) is 24.5. The highest BCUT2D eigenvalue weighted by Gasteiger charge is 2.70. The summed E-state index contributed by atoms with van der Waals surface area (Å²) in [5.74, 6) is 0.595. The molecule has 6 aliphatic carbocycles. The van der Waals surface area contributed by atoms with Crippen LogP contribution < -0.4 is 5.32 Å². The first-order valence-electron chi connectivity index (χ1n) is 21.9. The van der Waals surface area contributed by atoms with Crippen LogP contribution in [0.3, 0.4) is 0 Å². The first-order chi connectivity index (χ1) is 25.5. The summed E-state index contributed by atoms with van der Waals surface area (Å²) in [5, 5.41) is 13.4. The highest BCUT2D eigenvalue weighted by molar-refractivity contribution is 7.91. The zero-order chi connectivity index (χ0) is 40.1. The van der Waals surface area contributed by atoms with Gasteiger partial charge in [0.2, 0.25) is 0 Å². The summed E-state index contributed by atoms with van der Waals surface area (Å²) in [7, 11) is -2.88. The minimum atomic E-state index is -2.88. The number of esters is 1. The normalized spacial score (nSPS) is 43.1. The van der Waals surface area contributed by atoms with Gasteiger partial charge in [0.25, 0.3) is 0 Å². The van der Waals surface area contributed by atoms with E-state index in [9.17, 15) is 27.9 Å². The minimum Gasteiger partial charge on any atom is -0.481 e. The van der Waals surface area contributed by atoms with Crippen molar-refractivity contribution in [3.05, 3.63) is 11.1 Å². The van der Waals surface area contributed by atoms with Crippen molar-refractivity contribution in [2.24, 2.45) is 68.0 Å². The van der Waals surface area contributed by atoms with Gasteiger partial charge < -0.3 is 20.1 Å². The molecule has 0 radical (unpaired) electrons. The summed E-state index contributed by atoms with van der Waals surface area (Å²) in [6, 6.07) is 0. The number of nitrogens with zero attached hydrogens (tertiary/aromatic N) is 1. The van der Waals surface area contributed by atoms with E-state index in [1.54, 1.807) is 0 Å². The Balaban J connectivity index is 1.07. The number of nitrogens with one attached hydrogen (secondary N) is 1. The molecule has 6 fully saturated rings. The Morgan fingerprint density at radius 2 is 1.55 bits per heavy atom. The standard InChI is InChI=1S/C45H72N2O7S/c1-28(2)36-32(48)27-45(18-19-46-20-21-47-22-24-55(52,53)25-23-47)17-16-43(8)29(37(36)45)10-11-34-42(7)14-13-35(41(5,6)33(42)12-15-44(34,43)9)54-39(51)31-26-30(38(49)50)40(31,3)4/h28-31,33-35,46H,10-27H2,1-9H3,(H,49,50)/t29-,30+,31-,33+,34-,35+,42+,43-,44-,45-/m1/s1. The molecule has 0 spiro atoms. The van der Waals surface area contributed by atoms with Crippen LogP contribution in [0, 0.1) is 68.0 Å². The van der Waals surface area contributed by atoms with Gasteiger partial charge in [0.1, 0.15) is 6.10 Å². The second kappa shape index (κ2) is 13.9. The Morgan fingerprint density at radius 3 is 2.18 bits per heavy atom. The maximum atomic E-state index is 14.0. The molecule has 0 aromatic rings. The molecule has 0 amide bonds. The molecule has 310 valence electrons. The molecule has 1 aliphatic heterocycles. The summed E-state index contributed by atoms with van der Waals surface area (Å²) in [5.41, 5.74) is 2.16. The number of carboxylic acid groups (broad SMARTS) is 1. The van der Waals surface area contributed by atoms with Crippen LogP contribution in [0.25, 0.3) is 0 Å². The van der Waals surface area contributed by atoms with Gasteiger partial charge in [-0.25, -0.2) is 8.42 Å². The van der Waals surface area contributed by atoms with Crippen molar-refractivity contribution in [3.8, 4) is 0 Å². The molecule has 1 saturated heterocycles. The Labute approximate surface area is 331 Å². The summed E-state index contributed by atoms with van der Waals surface area (Å²) >= 11 is 0. The third-order valence-corrected chi connectivity index (χ3v) is 20.1. The zero-order valence-corrected chi connectivity index (χ0v) is 36.3. The lowest BCUT2D eigenvalue weighted by molar-refractivity contribution is -0.236. The fourth-order valence-electron chi connectivity index (χ4n) is 14.9. The average Bonchev–Trinajstić information content (AvgIpc) is 3.38. The topological polar surface area (TPSA) is 130 Å². The van der Waals surface area contributed by atoms with Crippen molar-refractivity contribution in [2.45, 2.75) is 139 Å². The van der Waals surface area contributed by atoms with Gasteiger partial charge in [-0.1, -0.05) is 67.9 Å². The van der Waals surface area contributed by atoms with Crippen LogP contribution in [0.4, 0.5) is 0 Å². The Bertz CT molecular complexity index is 1700. The van der Waals surface area contributed by atoms with Crippen molar-refractivity contribution in [2.75, 3.05) is 44.2 Å². The van der Waals surface area contributed by atoms with E-state index in [4.69, 9.17) is 4.74 Å². The molecule has 7 aliphatic rings. The monoisotopic (exact) mass is 785 g/mol. The fourth-order valence-corrected chi connectivity index (χ4v) is 16.1. The highest BCUT2D eigenvalue weighted by atomic mass is 32.2. The van der Waals surface area contributed by atoms with Crippen molar-refractivity contribution in [1.82, 2.24) is 10.2 Å². The van der Waals surface area contributed by atoms with Gasteiger partial charge in [-0.05, 0) is 122 Å². The molecule has 0 bridgehead atoms. The number of ketones is 1. The highest BCUT2D eigenvalue weighted by Crippen LogP contribution is 2.77. The van der Waals surface area contributed by atoms with Gasteiger partial charge in [-0.2, -0.15) is 0 Å². The maximum Gasteiger partial charge on any atom is 0.309 e. The molecule has 0 aromatic carbocycles. The van der Waals surface area contributed by atoms with E-state index in [1.165, 1.54) is 12.0 Å². The number of ether oxygens (including phenoxy) is 1. The first kappa shape index (κ1) is 41.4. The predicted octanol–water partition coefficient (Wildman–Crippen LogP) is 7.34. The largest absolute Gasteiger partial charge is 0.481 e. The molecule has 1 heterocycles. The number of carboxylic acids is 1. The van der Waals surface area contributed by atoms with Crippen LogP contribution in [-0.2, 0) is 29.0 Å². The smallest absolute Gasteiger partial charge is 0.309 e. The third-order valence-electron chi connectivity index (χ3n) is 18.4. The number of fused-ring (bicyclic) bond motifs is 7. The van der Waals surface area contributed by atoms with Crippen LogP contribution in [0.2, 0.25) is 0 Å². The molecule has 7 rings (SSSR count). The van der Waals surface area contributed by atoms with Gasteiger partial charge in [-0.3, -0.25) is 14.4 Å². The Kier molecular flexibility index (Phi) is 10.5. The van der Waals surface area contributed by atoms with E-state index in [1.807, 2.05) is 13.8 Å². The summed E-state index contributed by atoms with van der Waals surface area (Å²) in [6.07, 6.45) is 10.5. The zero-order valence-electron chi connectivity index (χ0n) is 35.5. The van der Waals surface area contributed by atoms with E-state index < -0.39 is 27.1 Å². The molecule has 10 atom stereocenters. The van der Waals surface area contributed by atoms with E-state index in [0.29, 0.717) is 49.5 Å². The lowest BCUT2D eigenvalue weighted by Crippen LogP contribution is -2.66. The third kappa shape index (κ3) is 6.42. The van der Waals surface area contributed by atoms with Crippen molar-refractivity contribution >= 4 is 27.6 Å². The van der Waals surface area contributed by atoms with E-state index >= 15 is 0 Å². The number of allylic oxidation sites excluding steroid dienone is 2. The number of hydrogen-bond acceptors (Lipinski definition) is 8. The lowest BCUT2D eigenvalue weighted by atomic mass is 9.33. The molecule has 5 saturated carbocycles. The lowest BCUT2D eigenvalue weighted by Gasteiger charge is -2.72. The molecule has 0 unspecified atom stereocenters. The summed E-state index contributed by atoms with van der Waals surface area (Å²) < 4.78 is 30.2. The van der Waals surface area contributed by atoms with Crippen LogP contribution in [0.15, 0.2) is 11.1 Å². The van der Waals surface area contributed by atoms with E-state index in [2.05, 4.69) is 58.7 Å². The quantitative estimate of drug-likeness (QED) is 0.173. The number of carbonyl (C=O) groups is 3. The minimum absolute atomic E-state index is 0.0687. The number of aliphatic carboxylic acids is 1. The van der Waals surface area contributed by atoms with E-state index in [-0.39, 0.29) is 62.5 Å². The van der Waals surface area contributed by atoms with Gasteiger partial charge >= 0.3 is 11.9 Å². The van der Waals surface area contributed by atoms with Gasteiger partial charge in [-0.15, -0.1) is 0 Å². The van der Waals surface area contributed by atoms with Crippen LogP contribution >= 0.6 is 0 Å². The number of hydrogen-bond donors (Lipinski definition) is 2. The Hall–Kier alpha value is -1.78. The molecule has 10 heteroatoms. The van der Waals surface area contributed by atoms with Gasteiger partial charge in [0, 0.05) is 43.4 Å². The SMILES string of the molecule is CC(C)C1=C2[C@H]3CC[C@@H]4[C@@]5(C)CC[C@H](OC(=O)[C@H]6C[C@@H](C(=O)O)C6(C)C)C(C)(C)[C@@H]5CC[C@@]4(C)[C@]3(C)CC[C@@]2(CCNCCN2CCS(=O)(=O)CC2)CC1=O. The van der Waals surface area contributed by atoms with Crippen LogP contribution in [-0.4, -0.2) is 86.5 Å². The number of rotatable bonds is 10. The van der Waals surface area contributed by atoms with Gasteiger partial charge in [0.15, 0.2) is 15.6 Å². The first-order valence-corrected chi connectivity index (χ1v) is 23.7. The van der Waals surface area contributed by atoms with Gasteiger partial charge in [0.05, 0.1) is 23.3 Å². The maximum absolute atomic E-state index is 14.0. The van der Waals surface area contributed by atoms with E-state index in [0.717, 1.165) is 76.6 Å². The van der Waals surface area contributed by atoms with Crippen molar-refractivity contribution in [3.63, 3.8) is 0 Å². The van der Waals surface area contributed by atoms with Crippen molar-refractivity contribution in [1.29, 1.82) is 0 Å². The molecular weight excluding hydrogens is 713 g/mol. The molecule has 2 N–H and O–H groups in total. The number of sulfone groups is 1. The number of Topliss-reactive ketones (excluding diaryl/α,β-unsaturated/α-hetero) is 1. The predicted molar refractivity (Wildman–Crippen MR) is 215 cm³/mol. The Morgan fingerprint density at radius 1 is 0.855 bits per heavy atom. The second-order valence-corrected chi connectivity index (χ2v) is 24.1. The molecular formula is C45H72N2O7S. The fraction of sp³-hybridized carbons (Fsp3) is 0.889. The summed E-state index contributed by atoms with van der Waals surface area (Å²) in [4.78, 5) is 41.7. The molecule has 9 nitrogen and oxygen atoms in total. The number of carbonyl (C=O) groups excluding carboxylic acids is 2. The van der Waals surface area contributed by atoms with Crippen molar-refractivity contribution < 1.29 is 32.6 Å². The second-order valence-electron chi connectivity index (χ2n) is 21.8. The molecule has 0 aromatic heterocycles. The van der Waals surface area contributed by atoms with Crippen LogP contribution in [0.5, 0.6) is 0 Å². The van der Waals surface area contributed by atoms with Crippen LogP contribution in [0.1, 0.15) is 133 Å². The average molecular weight is 785 g/mol.